The standard InChI is InChI=1S/C16H23ClN2O3/c1-10-8-11(2)18-13(17)12(10)16(6,9-20)19(7)14(21)22-15(3,4)5/h8-9H,1-7H3. The van der Waals surface area contributed by atoms with Crippen LogP contribution in [0.15, 0.2) is 6.07 Å². The van der Waals surface area contributed by atoms with Gasteiger partial charge in [0, 0.05) is 18.3 Å². The van der Waals surface area contributed by atoms with Gasteiger partial charge < -0.3 is 9.53 Å². The molecule has 1 unspecified atom stereocenters. The van der Waals surface area contributed by atoms with E-state index in [-0.39, 0.29) is 5.15 Å². The summed E-state index contributed by atoms with van der Waals surface area (Å²) in [6.45, 7) is 10.6. The predicted molar refractivity (Wildman–Crippen MR) is 86.1 cm³/mol. The van der Waals surface area contributed by atoms with E-state index in [1.165, 1.54) is 11.9 Å². The Labute approximate surface area is 136 Å². The molecule has 0 aliphatic rings. The molecule has 1 heterocycles. The van der Waals surface area contributed by atoms with Crippen LogP contribution in [0.2, 0.25) is 5.15 Å². The van der Waals surface area contributed by atoms with E-state index in [4.69, 9.17) is 16.3 Å². The highest BCUT2D eigenvalue weighted by atomic mass is 35.5. The molecule has 5 nitrogen and oxygen atoms in total. The third-order valence-corrected chi connectivity index (χ3v) is 3.67. The summed E-state index contributed by atoms with van der Waals surface area (Å²) in [5.74, 6) is 0. The topological polar surface area (TPSA) is 59.5 Å². The fraction of sp³-hybridized carbons (Fsp3) is 0.562. The molecule has 0 aromatic carbocycles. The molecule has 0 bridgehead atoms. The molecule has 0 spiro atoms. The summed E-state index contributed by atoms with van der Waals surface area (Å²) >= 11 is 6.23. The second kappa shape index (κ2) is 6.24. The first kappa shape index (κ1) is 18.4. The molecule has 1 rings (SSSR count). The van der Waals surface area contributed by atoms with Gasteiger partial charge in [0.15, 0.2) is 0 Å². The van der Waals surface area contributed by atoms with Crippen LogP contribution in [0.1, 0.15) is 44.5 Å². The van der Waals surface area contributed by atoms with Crippen molar-refractivity contribution >= 4 is 24.0 Å². The van der Waals surface area contributed by atoms with Gasteiger partial charge in [-0.1, -0.05) is 11.6 Å². The Morgan fingerprint density at radius 3 is 2.27 bits per heavy atom. The van der Waals surface area contributed by atoms with Crippen LogP contribution in [0.5, 0.6) is 0 Å². The van der Waals surface area contributed by atoms with Crippen molar-refractivity contribution in [1.29, 1.82) is 0 Å². The van der Waals surface area contributed by atoms with Crippen molar-refractivity contribution < 1.29 is 14.3 Å². The summed E-state index contributed by atoms with van der Waals surface area (Å²) in [6, 6.07) is 1.83. The maximum absolute atomic E-state index is 12.3. The molecule has 1 aromatic rings. The minimum Gasteiger partial charge on any atom is -0.444 e. The number of aldehydes is 1. The number of aryl methyl sites for hydroxylation is 2. The number of hydrogen-bond donors (Lipinski definition) is 0. The van der Waals surface area contributed by atoms with Crippen molar-refractivity contribution in [1.82, 2.24) is 9.88 Å². The Balaban J connectivity index is 3.33. The normalized spacial score (nSPS) is 14.2. The number of carbonyl (C=O) groups excluding carboxylic acids is 2. The van der Waals surface area contributed by atoms with Gasteiger partial charge in [-0.15, -0.1) is 0 Å². The van der Waals surface area contributed by atoms with Crippen molar-refractivity contribution in [3.8, 4) is 0 Å². The van der Waals surface area contributed by atoms with Crippen molar-refractivity contribution in [3.05, 3.63) is 28.0 Å². The zero-order chi connectivity index (χ0) is 17.3. The molecule has 1 aromatic heterocycles. The van der Waals surface area contributed by atoms with Gasteiger partial charge in [0.25, 0.3) is 0 Å². The van der Waals surface area contributed by atoms with E-state index < -0.39 is 17.2 Å². The van der Waals surface area contributed by atoms with Crippen molar-refractivity contribution in [2.45, 2.75) is 52.7 Å². The SMILES string of the molecule is Cc1cc(C)c(C(C)(C=O)N(C)C(=O)OC(C)(C)C)c(Cl)n1. The summed E-state index contributed by atoms with van der Waals surface area (Å²) in [6.07, 6.45) is 0.0837. The van der Waals surface area contributed by atoms with Crippen LogP contribution in [-0.4, -0.2) is 34.9 Å². The number of likely N-dealkylation sites (N-methyl/N-ethyl adjacent to an activating group) is 1. The van der Waals surface area contributed by atoms with E-state index in [1.54, 1.807) is 27.7 Å². The van der Waals surface area contributed by atoms with Crippen LogP contribution in [0.25, 0.3) is 0 Å². The minimum absolute atomic E-state index is 0.211. The highest BCUT2D eigenvalue weighted by molar-refractivity contribution is 6.30. The van der Waals surface area contributed by atoms with Crippen LogP contribution < -0.4 is 0 Å². The second-order valence-corrected chi connectivity index (χ2v) is 6.91. The third-order valence-electron chi connectivity index (χ3n) is 3.40. The number of ether oxygens (including phenoxy) is 1. The van der Waals surface area contributed by atoms with Crippen LogP contribution in [-0.2, 0) is 15.1 Å². The summed E-state index contributed by atoms with van der Waals surface area (Å²) in [7, 11) is 1.51. The van der Waals surface area contributed by atoms with Gasteiger partial charge in [0.1, 0.15) is 22.6 Å². The Morgan fingerprint density at radius 2 is 1.86 bits per heavy atom. The number of aromatic nitrogens is 1. The average molecular weight is 327 g/mol. The fourth-order valence-electron chi connectivity index (χ4n) is 2.22. The first-order valence-electron chi connectivity index (χ1n) is 6.99. The van der Waals surface area contributed by atoms with Gasteiger partial charge in [-0.25, -0.2) is 9.78 Å². The Kier molecular flexibility index (Phi) is 5.23. The summed E-state index contributed by atoms with van der Waals surface area (Å²) < 4.78 is 5.34. The second-order valence-electron chi connectivity index (χ2n) is 6.55. The van der Waals surface area contributed by atoms with E-state index in [0.29, 0.717) is 11.8 Å². The molecule has 122 valence electrons. The van der Waals surface area contributed by atoms with Gasteiger partial charge in [0.05, 0.1) is 0 Å². The summed E-state index contributed by atoms with van der Waals surface area (Å²) in [4.78, 5) is 29.5. The highest BCUT2D eigenvalue weighted by Crippen LogP contribution is 2.34. The summed E-state index contributed by atoms with van der Waals surface area (Å²) in [5.41, 5.74) is 0.133. The average Bonchev–Trinajstić information content (AvgIpc) is 2.34. The Bertz CT molecular complexity index is 573. The quantitative estimate of drug-likeness (QED) is 0.628. The maximum atomic E-state index is 12.3. The van der Waals surface area contributed by atoms with E-state index in [0.717, 1.165) is 11.3 Å². The molecule has 0 N–H and O–H groups in total. The number of hydrogen-bond acceptors (Lipinski definition) is 4. The lowest BCUT2D eigenvalue weighted by Crippen LogP contribution is -2.48. The number of rotatable bonds is 3. The monoisotopic (exact) mass is 326 g/mol. The molecule has 0 fully saturated rings. The smallest absolute Gasteiger partial charge is 0.411 e. The molecule has 0 saturated carbocycles. The lowest BCUT2D eigenvalue weighted by molar-refractivity contribution is -0.117. The maximum Gasteiger partial charge on any atom is 0.411 e. The van der Waals surface area contributed by atoms with Crippen LogP contribution >= 0.6 is 11.6 Å². The molecular formula is C16H23ClN2O3. The van der Waals surface area contributed by atoms with Gasteiger partial charge in [-0.2, -0.15) is 0 Å². The number of amides is 1. The van der Waals surface area contributed by atoms with Gasteiger partial charge in [0.2, 0.25) is 0 Å². The highest BCUT2D eigenvalue weighted by Gasteiger charge is 2.39. The molecule has 6 heteroatoms. The lowest BCUT2D eigenvalue weighted by Gasteiger charge is -2.36. The van der Waals surface area contributed by atoms with Crippen molar-refractivity contribution in [3.63, 3.8) is 0 Å². The molecule has 1 atom stereocenters. The number of nitrogens with zero attached hydrogens (tertiary/aromatic N) is 2. The van der Waals surface area contributed by atoms with Crippen LogP contribution in [0, 0.1) is 13.8 Å². The molecule has 0 radical (unpaired) electrons. The van der Waals surface area contributed by atoms with E-state index >= 15 is 0 Å². The van der Waals surface area contributed by atoms with Crippen molar-refractivity contribution in [2.75, 3.05) is 7.05 Å². The molecular weight excluding hydrogens is 304 g/mol. The van der Waals surface area contributed by atoms with E-state index in [1.807, 2.05) is 19.9 Å². The number of carbonyl (C=O) groups is 2. The number of halogens is 1. The Hall–Kier alpha value is -1.62. The first-order valence-corrected chi connectivity index (χ1v) is 7.37. The minimum atomic E-state index is -1.26. The molecule has 1 amide bonds. The number of pyridine rings is 1. The first-order chi connectivity index (χ1) is 9.92. The van der Waals surface area contributed by atoms with E-state index in [2.05, 4.69) is 4.98 Å². The van der Waals surface area contributed by atoms with Gasteiger partial charge in [-0.3, -0.25) is 4.90 Å². The van der Waals surface area contributed by atoms with Gasteiger partial charge in [-0.05, 0) is 53.2 Å². The van der Waals surface area contributed by atoms with Crippen LogP contribution in [0.3, 0.4) is 0 Å². The lowest BCUT2D eigenvalue weighted by atomic mass is 9.90. The Morgan fingerprint density at radius 1 is 1.32 bits per heavy atom. The zero-order valence-electron chi connectivity index (χ0n) is 14.2. The van der Waals surface area contributed by atoms with E-state index in [9.17, 15) is 9.59 Å². The third kappa shape index (κ3) is 3.77. The predicted octanol–water partition coefficient (Wildman–Crippen LogP) is 3.63. The molecule has 0 aliphatic heterocycles. The molecule has 22 heavy (non-hydrogen) atoms. The zero-order valence-corrected chi connectivity index (χ0v) is 14.9. The largest absolute Gasteiger partial charge is 0.444 e. The molecule has 0 saturated heterocycles. The molecule has 0 aliphatic carbocycles. The van der Waals surface area contributed by atoms with Gasteiger partial charge >= 0.3 is 6.09 Å². The van der Waals surface area contributed by atoms with Crippen molar-refractivity contribution in [2.24, 2.45) is 0 Å². The van der Waals surface area contributed by atoms with Crippen LogP contribution in [0.4, 0.5) is 4.79 Å². The summed E-state index contributed by atoms with van der Waals surface area (Å²) in [5, 5.41) is 0.211. The fourth-order valence-corrected chi connectivity index (χ4v) is 2.70.